The van der Waals surface area contributed by atoms with E-state index in [1.807, 2.05) is 30.3 Å². The molecule has 148 valence electrons. The largest absolute Gasteiger partial charge is 0.489 e. The molecule has 0 saturated carbocycles. The van der Waals surface area contributed by atoms with Crippen LogP contribution in [0, 0.1) is 5.82 Å². The van der Waals surface area contributed by atoms with Crippen LogP contribution in [0.3, 0.4) is 0 Å². The molecular formula is C23H20FNO4. The molecule has 1 amide bonds. The molecule has 0 fully saturated rings. The second-order valence-corrected chi connectivity index (χ2v) is 6.28. The van der Waals surface area contributed by atoms with E-state index < -0.39 is 23.8 Å². The molecule has 0 aromatic heterocycles. The highest BCUT2D eigenvalue weighted by molar-refractivity contribution is 5.97. The van der Waals surface area contributed by atoms with Crippen molar-refractivity contribution in [2.45, 2.75) is 19.6 Å². The van der Waals surface area contributed by atoms with E-state index in [1.54, 1.807) is 30.3 Å². The zero-order valence-corrected chi connectivity index (χ0v) is 15.8. The third-order valence-electron chi connectivity index (χ3n) is 4.16. The Hall–Kier alpha value is -3.67. The molecule has 0 heterocycles. The van der Waals surface area contributed by atoms with Crippen molar-refractivity contribution < 1.29 is 23.5 Å². The van der Waals surface area contributed by atoms with Gasteiger partial charge in [0.05, 0.1) is 11.3 Å². The van der Waals surface area contributed by atoms with Gasteiger partial charge in [-0.1, -0.05) is 48.5 Å². The fourth-order valence-corrected chi connectivity index (χ4v) is 2.60. The zero-order chi connectivity index (χ0) is 20.6. The standard InChI is InChI=1S/C23H20FNO4/c1-16(22(26)25-21-14-8-7-13-20(21)24)29-23(27)19-12-6-5-9-17(19)15-28-18-10-3-2-4-11-18/h2-14,16H,15H2,1H3,(H,25,26). The summed E-state index contributed by atoms with van der Waals surface area (Å²) in [5.74, 6) is -1.18. The minimum absolute atomic E-state index is 0.0251. The monoisotopic (exact) mass is 393 g/mol. The molecule has 3 rings (SSSR count). The first-order valence-electron chi connectivity index (χ1n) is 9.06. The van der Waals surface area contributed by atoms with E-state index in [-0.39, 0.29) is 12.3 Å². The van der Waals surface area contributed by atoms with Gasteiger partial charge in [0, 0.05) is 5.56 Å². The Balaban J connectivity index is 1.64. The van der Waals surface area contributed by atoms with Crippen LogP contribution in [0.4, 0.5) is 10.1 Å². The normalized spacial score (nSPS) is 11.4. The summed E-state index contributed by atoms with van der Waals surface area (Å²) in [6.07, 6.45) is -1.11. The second-order valence-electron chi connectivity index (χ2n) is 6.28. The van der Waals surface area contributed by atoms with E-state index >= 15 is 0 Å². The molecule has 0 radical (unpaired) electrons. The number of ether oxygens (including phenoxy) is 2. The highest BCUT2D eigenvalue weighted by Crippen LogP contribution is 2.17. The summed E-state index contributed by atoms with van der Waals surface area (Å²) in [4.78, 5) is 24.8. The van der Waals surface area contributed by atoms with Gasteiger partial charge in [-0.2, -0.15) is 0 Å². The summed E-state index contributed by atoms with van der Waals surface area (Å²) in [5.41, 5.74) is 0.953. The number of rotatable bonds is 7. The Labute approximate surface area is 168 Å². The first-order valence-corrected chi connectivity index (χ1v) is 9.06. The van der Waals surface area contributed by atoms with Gasteiger partial charge in [-0.3, -0.25) is 4.79 Å². The lowest BCUT2D eigenvalue weighted by Crippen LogP contribution is -2.30. The van der Waals surface area contributed by atoms with Crippen molar-refractivity contribution >= 4 is 17.6 Å². The van der Waals surface area contributed by atoms with Gasteiger partial charge in [0.2, 0.25) is 0 Å². The molecule has 3 aromatic rings. The lowest BCUT2D eigenvalue weighted by molar-refractivity contribution is -0.123. The van der Waals surface area contributed by atoms with Crippen LogP contribution >= 0.6 is 0 Å². The summed E-state index contributed by atoms with van der Waals surface area (Å²) in [6.45, 7) is 1.60. The molecule has 3 aromatic carbocycles. The van der Waals surface area contributed by atoms with Crippen molar-refractivity contribution in [3.63, 3.8) is 0 Å². The predicted octanol–water partition coefficient (Wildman–Crippen LogP) is 4.59. The Bertz CT molecular complexity index is 991. The number of carbonyl (C=O) groups is 2. The lowest BCUT2D eigenvalue weighted by atomic mass is 10.1. The number of para-hydroxylation sites is 2. The van der Waals surface area contributed by atoms with Crippen molar-refractivity contribution in [1.29, 1.82) is 0 Å². The third kappa shape index (κ3) is 5.42. The van der Waals surface area contributed by atoms with Gasteiger partial charge in [0.15, 0.2) is 6.10 Å². The Morgan fingerprint density at radius 3 is 2.34 bits per heavy atom. The summed E-state index contributed by atoms with van der Waals surface area (Å²) in [5, 5.41) is 2.41. The molecule has 0 spiro atoms. The van der Waals surface area contributed by atoms with Gasteiger partial charge in [0.1, 0.15) is 18.2 Å². The van der Waals surface area contributed by atoms with Gasteiger partial charge in [0.25, 0.3) is 5.91 Å². The van der Waals surface area contributed by atoms with Crippen molar-refractivity contribution in [3.05, 3.63) is 95.8 Å². The van der Waals surface area contributed by atoms with Crippen LogP contribution in [0.2, 0.25) is 0 Å². The van der Waals surface area contributed by atoms with Crippen LogP contribution in [0.1, 0.15) is 22.8 Å². The maximum atomic E-state index is 13.7. The number of halogens is 1. The fraction of sp³-hybridized carbons (Fsp3) is 0.130. The molecule has 0 aliphatic carbocycles. The topological polar surface area (TPSA) is 64.6 Å². The minimum Gasteiger partial charge on any atom is -0.489 e. The van der Waals surface area contributed by atoms with E-state index in [1.165, 1.54) is 25.1 Å². The summed E-state index contributed by atoms with van der Waals surface area (Å²) < 4.78 is 24.7. The van der Waals surface area contributed by atoms with E-state index in [4.69, 9.17) is 9.47 Å². The van der Waals surface area contributed by atoms with E-state index in [0.717, 1.165) is 0 Å². The van der Waals surface area contributed by atoms with Crippen molar-refractivity contribution in [3.8, 4) is 5.75 Å². The van der Waals surface area contributed by atoms with E-state index in [9.17, 15) is 14.0 Å². The second kappa shape index (κ2) is 9.50. The molecule has 5 nitrogen and oxygen atoms in total. The number of hydrogen-bond acceptors (Lipinski definition) is 4. The van der Waals surface area contributed by atoms with Crippen LogP contribution in [-0.4, -0.2) is 18.0 Å². The van der Waals surface area contributed by atoms with Gasteiger partial charge in [-0.15, -0.1) is 0 Å². The molecule has 1 N–H and O–H groups in total. The van der Waals surface area contributed by atoms with Crippen LogP contribution in [-0.2, 0) is 16.1 Å². The average molecular weight is 393 g/mol. The zero-order valence-electron chi connectivity index (χ0n) is 15.8. The first kappa shape index (κ1) is 20.1. The molecule has 0 bridgehead atoms. The molecule has 0 saturated heterocycles. The first-order chi connectivity index (χ1) is 14.0. The van der Waals surface area contributed by atoms with Gasteiger partial charge in [-0.05, 0) is 37.3 Å². The Morgan fingerprint density at radius 1 is 0.931 bits per heavy atom. The lowest BCUT2D eigenvalue weighted by Gasteiger charge is -2.15. The maximum absolute atomic E-state index is 13.7. The van der Waals surface area contributed by atoms with Gasteiger partial charge in [-0.25, -0.2) is 9.18 Å². The van der Waals surface area contributed by atoms with Crippen molar-refractivity contribution in [2.24, 2.45) is 0 Å². The Kier molecular flexibility index (Phi) is 6.58. The molecule has 1 unspecified atom stereocenters. The minimum atomic E-state index is -1.11. The number of nitrogens with one attached hydrogen (secondary N) is 1. The molecule has 29 heavy (non-hydrogen) atoms. The summed E-state index contributed by atoms with van der Waals surface area (Å²) in [6, 6.07) is 21.8. The molecule has 6 heteroatoms. The number of carbonyl (C=O) groups excluding carboxylic acids is 2. The highest BCUT2D eigenvalue weighted by Gasteiger charge is 2.21. The van der Waals surface area contributed by atoms with Crippen molar-refractivity contribution in [2.75, 3.05) is 5.32 Å². The van der Waals surface area contributed by atoms with E-state index in [2.05, 4.69) is 5.32 Å². The van der Waals surface area contributed by atoms with Crippen LogP contribution in [0.15, 0.2) is 78.9 Å². The molecular weight excluding hydrogens is 373 g/mol. The predicted molar refractivity (Wildman–Crippen MR) is 107 cm³/mol. The van der Waals surface area contributed by atoms with Crippen molar-refractivity contribution in [1.82, 2.24) is 0 Å². The van der Waals surface area contributed by atoms with E-state index in [0.29, 0.717) is 16.9 Å². The smallest absolute Gasteiger partial charge is 0.339 e. The van der Waals surface area contributed by atoms with Gasteiger partial charge >= 0.3 is 5.97 Å². The molecule has 0 aliphatic rings. The number of amides is 1. The molecule has 0 aliphatic heterocycles. The number of anilines is 1. The van der Waals surface area contributed by atoms with Crippen LogP contribution in [0.25, 0.3) is 0 Å². The average Bonchev–Trinajstić information content (AvgIpc) is 2.74. The summed E-state index contributed by atoms with van der Waals surface area (Å²) >= 11 is 0. The third-order valence-corrected chi connectivity index (χ3v) is 4.16. The highest BCUT2D eigenvalue weighted by atomic mass is 19.1. The Morgan fingerprint density at radius 2 is 1.59 bits per heavy atom. The SMILES string of the molecule is CC(OC(=O)c1ccccc1COc1ccccc1)C(=O)Nc1ccccc1F. The molecule has 1 atom stereocenters. The number of hydrogen-bond donors (Lipinski definition) is 1. The van der Waals surface area contributed by atoms with Crippen LogP contribution in [0.5, 0.6) is 5.75 Å². The quantitative estimate of drug-likeness (QED) is 0.597. The summed E-state index contributed by atoms with van der Waals surface area (Å²) in [7, 11) is 0. The number of benzene rings is 3. The fourth-order valence-electron chi connectivity index (χ4n) is 2.60. The maximum Gasteiger partial charge on any atom is 0.339 e. The van der Waals surface area contributed by atoms with Gasteiger partial charge < -0.3 is 14.8 Å². The van der Waals surface area contributed by atoms with Crippen LogP contribution < -0.4 is 10.1 Å². The number of esters is 1.